The molecule has 0 saturated carbocycles. The zero-order valence-corrected chi connectivity index (χ0v) is 22.5. The Morgan fingerprint density at radius 2 is 1.95 bits per heavy atom. The SMILES string of the molecule is CNC(=O)c1ccc([C@@H](C)CN2CCN(c3ccc(OCCO)cc3Cl)[C@H](c3ccc(Cl)cc3)C2)nc1. The van der Waals surface area contributed by atoms with Crippen LogP contribution in [0.5, 0.6) is 5.75 Å². The van der Waals surface area contributed by atoms with E-state index in [1.165, 1.54) is 0 Å². The number of aliphatic hydroxyl groups excluding tert-OH is 1. The maximum atomic E-state index is 11.8. The number of carbonyl (C=O) groups is 1. The number of pyridine rings is 1. The van der Waals surface area contributed by atoms with Crippen molar-refractivity contribution in [3.63, 3.8) is 0 Å². The number of nitrogens with one attached hydrogen (secondary N) is 1. The zero-order valence-electron chi connectivity index (χ0n) is 21.0. The molecule has 0 spiro atoms. The summed E-state index contributed by atoms with van der Waals surface area (Å²) in [7, 11) is 1.61. The number of ether oxygens (including phenoxy) is 1. The van der Waals surface area contributed by atoms with Crippen LogP contribution in [0.4, 0.5) is 5.69 Å². The number of hydrogen-bond acceptors (Lipinski definition) is 6. The van der Waals surface area contributed by atoms with Gasteiger partial charge in [0.1, 0.15) is 12.4 Å². The van der Waals surface area contributed by atoms with Crippen LogP contribution in [0.25, 0.3) is 0 Å². The largest absolute Gasteiger partial charge is 0.491 e. The number of hydrogen-bond donors (Lipinski definition) is 2. The van der Waals surface area contributed by atoms with E-state index in [9.17, 15) is 4.79 Å². The minimum atomic E-state index is -0.139. The minimum absolute atomic E-state index is 0.0495. The highest BCUT2D eigenvalue weighted by Crippen LogP contribution is 2.37. The van der Waals surface area contributed by atoms with Crippen LogP contribution in [0.15, 0.2) is 60.8 Å². The van der Waals surface area contributed by atoms with E-state index in [4.69, 9.17) is 33.0 Å². The Bertz CT molecular complexity index is 1190. The highest BCUT2D eigenvalue weighted by Gasteiger charge is 2.30. The molecule has 0 unspecified atom stereocenters. The molecule has 7 nitrogen and oxygen atoms in total. The summed E-state index contributed by atoms with van der Waals surface area (Å²) in [6, 6.07) is 17.5. The Hall–Kier alpha value is -2.84. The highest BCUT2D eigenvalue weighted by atomic mass is 35.5. The third-order valence-corrected chi connectivity index (χ3v) is 7.18. The molecule has 0 bridgehead atoms. The van der Waals surface area contributed by atoms with Crippen molar-refractivity contribution < 1.29 is 14.6 Å². The number of nitrogens with zero attached hydrogens (tertiary/aromatic N) is 3. The van der Waals surface area contributed by atoms with Crippen molar-refractivity contribution in [1.82, 2.24) is 15.2 Å². The predicted octanol–water partition coefficient (Wildman–Crippen LogP) is 4.79. The first kappa shape index (κ1) is 27.2. The molecule has 2 atom stereocenters. The van der Waals surface area contributed by atoms with Crippen LogP contribution in [0.1, 0.15) is 40.5 Å². The molecule has 1 aromatic heterocycles. The number of halogens is 2. The van der Waals surface area contributed by atoms with Crippen molar-refractivity contribution in [1.29, 1.82) is 0 Å². The van der Waals surface area contributed by atoms with Crippen LogP contribution in [0, 0.1) is 0 Å². The van der Waals surface area contributed by atoms with Gasteiger partial charge in [-0.25, -0.2) is 0 Å². The van der Waals surface area contributed by atoms with E-state index in [0.29, 0.717) is 21.4 Å². The van der Waals surface area contributed by atoms with Crippen LogP contribution in [-0.2, 0) is 0 Å². The number of piperazine rings is 1. The Morgan fingerprint density at radius 3 is 2.59 bits per heavy atom. The molecule has 2 heterocycles. The molecule has 0 radical (unpaired) electrons. The van der Waals surface area contributed by atoms with Crippen molar-refractivity contribution in [3.05, 3.63) is 87.7 Å². The van der Waals surface area contributed by atoms with Gasteiger partial charge in [0, 0.05) is 62.1 Å². The van der Waals surface area contributed by atoms with Crippen LogP contribution in [0.3, 0.4) is 0 Å². The van der Waals surface area contributed by atoms with Gasteiger partial charge in [-0.15, -0.1) is 0 Å². The van der Waals surface area contributed by atoms with Crippen LogP contribution >= 0.6 is 23.2 Å². The Morgan fingerprint density at radius 1 is 1.16 bits per heavy atom. The fraction of sp³-hybridized carbons (Fsp3) is 0.357. The summed E-state index contributed by atoms with van der Waals surface area (Å²) in [6.07, 6.45) is 1.63. The molecular weight excluding hydrogens is 511 g/mol. The fourth-order valence-corrected chi connectivity index (χ4v) is 5.10. The summed E-state index contributed by atoms with van der Waals surface area (Å²) in [5.74, 6) is 0.691. The zero-order chi connectivity index (χ0) is 26.4. The molecule has 0 aliphatic carbocycles. The number of rotatable bonds is 9. The standard InChI is InChI=1S/C28H32Cl2N4O3/c1-19(25-9-5-21(16-32-25)28(36)31-2)17-33-11-12-34(27(18-33)20-3-6-22(29)7-4-20)26-10-8-23(15-24(26)30)37-14-13-35/h3-10,15-16,19,27,35H,11-14,17-18H2,1-2H3,(H,31,36)/t19-,27-/m0/s1. The number of carbonyl (C=O) groups excluding carboxylic acids is 1. The van der Waals surface area contributed by atoms with E-state index >= 15 is 0 Å². The van der Waals surface area contributed by atoms with Gasteiger partial charge in [0.05, 0.1) is 28.9 Å². The Labute approximate surface area is 228 Å². The number of benzene rings is 2. The summed E-state index contributed by atoms with van der Waals surface area (Å²) in [6.45, 7) is 5.64. The van der Waals surface area contributed by atoms with Crippen LogP contribution in [0.2, 0.25) is 10.0 Å². The molecule has 4 rings (SSSR count). The third-order valence-electron chi connectivity index (χ3n) is 6.62. The second-order valence-corrected chi connectivity index (χ2v) is 10.0. The lowest BCUT2D eigenvalue weighted by Crippen LogP contribution is -2.49. The van der Waals surface area contributed by atoms with E-state index in [1.54, 1.807) is 19.3 Å². The highest BCUT2D eigenvalue weighted by molar-refractivity contribution is 6.33. The van der Waals surface area contributed by atoms with Gasteiger partial charge in [0.25, 0.3) is 5.91 Å². The van der Waals surface area contributed by atoms with Crippen molar-refractivity contribution in [2.24, 2.45) is 0 Å². The van der Waals surface area contributed by atoms with E-state index in [-0.39, 0.29) is 31.1 Å². The molecule has 1 fully saturated rings. The van der Waals surface area contributed by atoms with Crippen LogP contribution < -0.4 is 15.0 Å². The molecule has 1 saturated heterocycles. The van der Waals surface area contributed by atoms with Crippen LogP contribution in [-0.4, -0.2) is 67.3 Å². The summed E-state index contributed by atoms with van der Waals surface area (Å²) in [5, 5.41) is 13.0. The Kier molecular flexibility index (Phi) is 9.27. The van der Waals surface area contributed by atoms with Crippen molar-refractivity contribution in [3.8, 4) is 5.75 Å². The molecule has 2 aromatic carbocycles. The van der Waals surface area contributed by atoms with Gasteiger partial charge in [-0.3, -0.25) is 14.7 Å². The Balaban J connectivity index is 1.52. The first-order valence-electron chi connectivity index (χ1n) is 12.3. The van der Waals surface area contributed by atoms with Gasteiger partial charge in [-0.1, -0.05) is 42.3 Å². The maximum absolute atomic E-state index is 11.8. The average Bonchev–Trinajstić information content (AvgIpc) is 2.92. The molecule has 2 N–H and O–H groups in total. The second kappa shape index (κ2) is 12.6. The van der Waals surface area contributed by atoms with Gasteiger partial charge in [-0.2, -0.15) is 0 Å². The number of anilines is 1. The molecule has 37 heavy (non-hydrogen) atoms. The molecule has 1 amide bonds. The minimum Gasteiger partial charge on any atom is -0.491 e. The van der Waals surface area contributed by atoms with Gasteiger partial charge in [0.2, 0.25) is 0 Å². The summed E-state index contributed by atoms with van der Waals surface area (Å²) in [4.78, 5) is 21.2. The topological polar surface area (TPSA) is 77.9 Å². The van der Waals surface area contributed by atoms with E-state index in [0.717, 1.165) is 43.1 Å². The molecular formula is C28H32Cl2N4O3. The fourth-order valence-electron chi connectivity index (χ4n) is 4.69. The van der Waals surface area contributed by atoms with Gasteiger partial charge in [0.15, 0.2) is 0 Å². The molecule has 196 valence electrons. The van der Waals surface area contributed by atoms with E-state index in [1.807, 2.05) is 36.4 Å². The van der Waals surface area contributed by atoms with E-state index < -0.39 is 0 Å². The summed E-state index contributed by atoms with van der Waals surface area (Å²) in [5.41, 5.74) is 3.61. The molecule has 9 heteroatoms. The number of aromatic nitrogens is 1. The monoisotopic (exact) mass is 542 g/mol. The lowest BCUT2D eigenvalue weighted by atomic mass is 9.99. The second-order valence-electron chi connectivity index (χ2n) is 9.16. The lowest BCUT2D eigenvalue weighted by Gasteiger charge is -2.44. The van der Waals surface area contributed by atoms with Gasteiger partial charge in [-0.05, 0) is 42.0 Å². The van der Waals surface area contributed by atoms with Crippen molar-refractivity contribution in [2.45, 2.75) is 18.9 Å². The normalized spacial score (nSPS) is 16.9. The van der Waals surface area contributed by atoms with E-state index in [2.05, 4.69) is 39.2 Å². The first-order chi connectivity index (χ1) is 17.9. The predicted molar refractivity (Wildman–Crippen MR) is 148 cm³/mol. The smallest absolute Gasteiger partial charge is 0.252 e. The molecule has 1 aliphatic rings. The van der Waals surface area contributed by atoms with Crippen molar-refractivity contribution in [2.75, 3.05) is 51.3 Å². The summed E-state index contributed by atoms with van der Waals surface area (Å²) < 4.78 is 5.53. The third kappa shape index (κ3) is 6.73. The first-order valence-corrected chi connectivity index (χ1v) is 13.1. The maximum Gasteiger partial charge on any atom is 0.252 e. The number of amides is 1. The lowest BCUT2D eigenvalue weighted by molar-refractivity contribution is 0.0962. The summed E-state index contributed by atoms with van der Waals surface area (Å²) >= 11 is 12.9. The molecule has 1 aliphatic heterocycles. The average molecular weight is 543 g/mol. The number of aliphatic hydroxyl groups is 1. The molecule has 3 aromatic rings. The van der Waals surface area contributed by atoms with Gasteiger partial charge >= 0.3 is 0 Å². The van der Waals surface area contributed by atoms with Gasteiger partial charge < -0.3 is 20.1 Å². The quantitative estimate of drug-likeness (QED) is 0.405. The van der Waals surface area contributed by atoms with Crippen molar-refractivity contribution >= 4 is 34.8 Å².